The van der Waals surface area contributed by atoms with Crippen LogP contribution in [0.15, 0.2) is 47.8 Å². The predicted molar refractivity (Wildman–Crippen MR) is 129 cm³/mol. The van der Waals surface area contributed by atoms with Gasteiger partial charge in [0.1, 0.15) is 22.8 Å². The molecule has 4 heterocycles. The molecule has 0 unspecified atom stereocenters. The Morgan fingerprint density at radius 1 is 1.06 bits per heavy atom. The number of aromatic amines is 1. The lowest BCUT2D eigenvalue weighted by Gasteiger charge is -2.22. The van der Waals surface area contributed by atoms with Crippen molar-refractivity contribution in [2.45, 2.75) is 19.4 Å². The number of fused-ring (bicyclic) bond motifs is 2. The molecule has 12 heteroatoms. The van der Waals surface area contributed by atoms with E-state index in [-0.39, 0.29) is 16.0 Å². The van der Waals surface area contributed by atoms with E-state index in [2.05, 4.69) is 30.5 Å². The zero-order chi connectivity index (χ0) is 23.1. The summed E-state index contributed by atoms with van der Waals surface area (Å²) in [5.74, 6) is 0.869. The molecule has 4 aromatic heterocycles. The molecule has 0 fully saturated rings. The highest BCUT2D eigenvalue weighted by Gasteiger charge is 2.24. The second-order valence-corrected chi connectivity index (χ2v) is 8.35. The molecule has 0 aliphatic carbocycles. The van der Waals surface area contributed by atoms with Crippen LogP contribution in [0.1, 0.15) is 25.2 Å². The Bertz CT molecular complexity index is 1550. The van der Waals surface area contributed by atoms with Crippen molar-refractivity contribution < 1.29 is 0 Å². The first-order valence-corrected chi connectivity index (χ1v) is 11.0. The van der Waals surface area contributed by atoms with Gasteiger partial charge in [0.15, 0.2) is 5.82 Å². The van der Waals surface area contributed by atoms with E-state index < -0.39 is 6.04 Å². The van der Waals surface area contributed by atoms with Gasteiger partial charge >= 0.3 is 0 Å². The van der Waals surface area contributed by atoms with Crippen molar-refractivity contribution in [3.8, 4) is 5.69 Å². The summed E-state index contributed by atoms with van der Waals surface area (Å²) in [5, 5.41) is 11.2. The molecule has 0 aliphatic rings. The number of nitrogens with zero attached hydrogens (tertiary/aromatic N) is 6. The zero-order valence-corrected chi connectivity index (χ0v) is 19.3. The molecule has 0 saturated heterocycles. The van der Waals surface area contributed by atoms with Crippen LogP contribution < -0.4 is 10.9 Å². The predicted octanol–water partition coefficient (Wildman–Crippen LogP) is 4.97. The number of pyridine rings is 1. The fourth-order valence-corrected chi connectivity index (χ4v) is 4.20. The Morgan fingerprint density at radius 2 is 1.88 bits per heavy atom. The molecule has 5 aromatic rings. The first-order chi connectivity index (χ1) is 16.0. The second-order valence-electron chi connectivity index (χ2n) is 7.15. The van der Waals surface area contributed by atoms with Gasteiger partial charge in [-0.3, -0.25) is 14.5 Å². The van der Waals surface area contributed by atoms with Crippen LogP contribution in [0, 0.1) is 0 Å². The molecule has 5 rings (SSSR count). The number of aromatic nitrogens is 7. The Labute approximate surface area is 201 Å². The lowest BCUT2D eigenvalue weighted by molar-refractivity contribution is 0.659. The van der Waals surface area contributed by atoms with Gasteiger partial charge in [-0.15, -0.1) is 0 Å². The maximum Gasteiger partial charge on any atom is 0.267 e. The molecule has 166 valence electrons. The molecule has 0 radical (unpaired) electrons. The second kappa shape index (κ2) is 8.58. The third-order valence-electron chi connectivity index (χ3n) is 5.17. The van der Waals surface area contributed by atoms with Crippen molar-refractivity contribution in [2.75, 3.05) is 5.32 Å². The third-order valence-corrected chi connectivity index (χ3v) is 6.00. The quantitative estimate of drug-likeness (QED) is 0.327. The van der Waals surface area contributed by atoms with E-state index >= 15 is 0 Å². The van der Waals surface area contributed by atoms with Gasteiger partial charge in [-0.2, -0.15) is 5.10 Å². The molecule has 0 bridgehead atoms. The number of H-pyrrole nitrogens is 1. The van der Waals surface area contributed by atoms with Crippen molar-refractivity contribution in [3.05, 3.63) is 74.4 Å². The van der Waals surface area contributed by atoms with Crippen molar-refractivity contribution in [1.29, 1.82) is 0 Å². The minimum Gasteiger partial charge on any atom is -0.358 e. The average molecular weight is 502 g/mol. The number of benzene rings is 1. The number of nitrogens with one attached hydrogen (secondary N) is 2. The van der Waals surface area contributed by atoms with Gasteiger partial charge < -0.3 is 5.32 Å². The maximum absolute atomic E-state index is 13.6. The first-order valence-electron chi connectivity index (χ1n) is 9.91. The van der Waals surface area contributed by atoms with Crippen LogP contribution in [0.3, 0.4) is 0 Å². The van der Waals surface area contributed by atoms with E-state index in [4.69, 9.17) is 39.8 Å². The Hall–Kier alpha value is -3.27. The van der Waals surface area contributed by atoms with E-state index in [9.17, 15) is 4.79 Å². The smallest absolute Gasteiger partial charge is 0.267 e. The van der Waals surface area contributed by atoms with E-state index in [1.165, 1.54) is 17.1 Å². The molecule has 9 nitrogen and oxygen atoms in total. The number of anilines is 1. The van der Waals surface area contributed by atoms with Gasteiger partial charge in [0.05, 0.1) is 44.4 Å². The highest BCUT2D eigenvalue weighted by atomic mass is 35.5. The Morgan fingerprint density at radius 3 is 2.64 bits per heavy atom. The van der Waals surface area contributed by atoms with Gasteiger partial charge in [-0.25, -0.2) is 19.9 Å². The average Bonchev–Trinajstić information content (AvgIpc) is 3.34. The fraction of sp³-hybridized carbons (Fsp3) is 0.143. The molecule has 2 N–H and O–H groups in total. The summed E-state index contributed by atoms with van der Waals surface area (Å²) in [7, 11) is 0. The van der Waals surface area contributed by atoms with Gasteiger partial charge in [0.25, 0.3) is 5.56 Å². The number of rotatable bonds is 5. The van der Waals surface area contributed by atoms with Gasteiger partial charge in [0.2, 0.25) is 0 Å². The summed E-state index contributed by atoms with van der Waals surface area (Å²) in [5.41, 5.74) is 1.59. The van der Waals surface area contributed by atoms with Gasteiger partial charge in [-0.1, -0.05) is 41.7 Å². The molecular formula is C21H15Cl3N8O. The summed E-state index contributed by atoms with van der Waals surface area (Å²) in [6.07, 6.45) is 5.12. The molecule has 0 spiro atoms. The largest absolute Gasteiger partial charge is 0.358 e. The van der Waals surface area contributed by atoms with Crippen LogP contribution >= 0.6 is 34.8 Å². The summed E-state index contributed by atoms with van der Waals surface area (Å²) < 4.78 is 1.46. The number of halogens is 3. The van der Waals surface area contributed by atoms with Crippen LogP contribution in [-0.2, 0) is 0 Å². The minimum absolute atomic E-state index is 0.227. The van der Waals surface area contributed by atoms with Crippen molar-refractivity contribution in [2.24, 2.45) is 0 Å². The Kier molecular flexibility index (Phi) is 5.61. The molecule has 0 saturated carbocycles. The third kappa shape index (κ3) is 3.78. The van der Waals surface area contributed by atoms with E-state index in [1.54, 1.807) is 30.5 Å². The van der Waals surface area contributed by atoms with E-state index in [0.29, 0.717) is 50.5 Å². The summed E-state index contributed by atoms with van der Waals surface area (Å²) in [6.45, 7) is 1.96. The van der Waals surface area contributed by atoms with Crippen LogP contribution in [0.4, 0.5) is 5.82 Å². The number of hydrogen-bond acceptors (Lipinski definition) is 7. The summed E-state index contributed by atoms with van der Waals surface area (Å²) >= 11 is 18.9. The fourth-order valence-electron chi connectivity index (χ4n) is 3.62. The van der Waals surface area contributed by atoms with Gasteiger partial charge in [0, 0.05) is 6.20 Å². The lowest BCUT2D eigenvalue weighted by Crippen LogP contribution is -2.28. The van der Waals surface area contributed by atoms with E-state index in [0.717, 1.165) is 0 Å². The molecule has 33 heavy (non-hydrogen) atoms. The van der Waals surface area contributed by atoms with Crippen LogP contribution in [0.5, 0.6) is 0 Å². The van der Waals surface area contributed by atoms with Crippen LogP contribution in [-0.4, -0.2) is 34.7 Å². The lowest BCUT2D eigenvalue weighted by atomic mass is 10.1. The van der Waals surface area contributed by atoms with Crippen molar-refractivity contribution >= 4 is 62.6 Å². The first kappa shape index (κ1) is 21.6. The molecule has 0 aliphatic heterocycles. The summed E-state index contributed by atoms with van der Waals surface area (Å²) in [4.78, 5) is 31.3. The van der Waals surface area contributed by atoms with Gasteiger partial charge in [-0.05, 0) is 30.7 Å². The standard InChI is InChI=1S/C21H15Cl3N8O/c1-2-13(29-19-18-14(25-9-26-19)5-6-15(24)30-18)20-31-17-12(23)4-3-11(22)16(17)21(33)32(20)10-7-27-28-8-10/h3-9,13H,2H2,1H3,(H,27,28)(H,25,26,29)/t13-/m0/s1. The number of hydrogen-bond donors (Lipinski definition) is 2. The van der Waals surface area contributed by atoms with Crippen molar-refractivity contribution in [1.82, 2.24) is 34.7 Å². The Balaban J connectivity index is 1.75. The topological polar surface area (TPSA) is 114 Å². The van der Waals surface area contributed by atoms with E-state index in [1.807, 2.05) is 6.92 Å². The van der Waals surface area contributed by atoms with Crippen LogP contribution in [0.2, 0.25) is 15.2 Å². The normalized spacial score (nSPS) is 12.4. The monoisotopic (exact) mass is 500 g/mol. The SMILES string of the molecule is CC[C@H](Nc1ncnc2ccc(Cl)nc12)c1nc2c(Cl)ccc(Cl)c2c(=O)n1-c1cn[nH]c1. The molecular weight excluding hydrogens is 487 g/mol. The summed E-state index contributed by atoms with van der Waals surface area (Å²) in [6, 6.07) is 6.15. The minimum atomic E-state index is -0.453. The molecule has 1 atom stereocenters. The highest BCUT2D eigenvalue weighted by Crippen LogP contribution is 2.30. The highest BCUT2D eigenvalue weighted by molar-refractivity contribution is 6.39. The maximum atomic E-state index is 13.6. The molecule has 0 amide bonds. The van der Waals surface area contributed by atoms with Crippen molar-refractivity contribution in [3.63, 3.8) is 0 Å². The zero-order valence-electron chi connectivity index (χ0n) is 17.1. The molecule has 1 aromatic carbocycles. The van der Waals surface area contributed by atoms with Crippen LogP contribution in [0.25, 0.3) is 27.6 Å².